The predicted octanol–water partition coefficient (Wildman–Crippen LogP) is 2.65. The molecule has 3 nitrogen and oxygen atoms in total. The second-order valence-electron chi connectivity index (χ2n) is 6.21. The molecule has 20 heavy (non-hydrogen) atoms. The number of ketones is 1. The lowest BCUT2D eigenvalue weighted by Crippen LogP contribution is -2.32. The van der Waals surface area contributed by atoms with Crippen LogP contribution in [0.5, 0.6) is 0 Å². The van der Waals surface area contributed by atoms with Gasteiger partial charge in [-0.05, 0) is 37.2 Å². The van der Waals surface area contributed by atoms with Gasteiger partial charge in [0.2, 0.25) is 0 Å². The highest BCUT2D eigenvalue weighted by atomic mass is 32.2. The first-order chi connectivity index (χ1) is 9.47. The summed E-state index contributed by atoms with van der Waals surface area (Å²) in [6.07, 6.45) is 5.42. The number of benzene rings is 1. The molecular formula is C16H20O3S. The van der Waals surface area contributed by atoms with Crippen LogP contribution in [0.4, 0.5) is 0 Å². The van der Waals surface area contributed by atoms with E-state index in [-0.39, 0.29) is 22.9 Å². The van der Waals surface area contributed by atoms with Gasteiger partial charge in [0.05, 0.1) is 5.25 Å². The molecule has 3 rings (SSSR count). The molecule has 0 bridgehead atoms. The maximum Gasteiger partial charge on any atom is 0.166 e. The van der Waals surface area contributed by atoms with E-state index in [9.17, 15) is 13.2 Å². The second-order valence-corrected chi connectivity index (χ2v) is 8.54. The summed E-state index contributed by atoms with van der Waals surface area (Å²) in [6, 6.07) is 7.78. The largest absolute Gasteiger partial charge is 0.294 e. The van der Waals surface area contributed by atoms with Crippen LogP contribution in [-0.2, 0) is 16.3 Å². The van der Waals surface area contributed by atoms with Crippen molar-refractivity contribution < 1.29 is 13.2 Å². The molecule has 0 spiro atoms. The third-order valence-corrected chi connectivity index (χ3v) is 6.54. The summed E-state index contributed by atoms with van der Waals surface area (Å²) in [5, 5.41) is -0.252. The molecule has 0 aromatic heterocycles. The summed E-state index contributed by atoms with van der Waals surface area (Å²) in [5.41, 5.74) is 1.97. The third-order valence-electron chi connectivity index (χ3n) is 4.90. The Balaban J connectivity index is 1.80. The summed E-state index contributed by atoms with van der Waals surface area (Å²) >= 11 is 0. The van der Waals surface area contributed by atoms with Gasteiger partial charge < -0.3 is 0 Å². The predicted molar refractivity (Wildman–Crippen MR) is 78.6 cm³/mol. The van der Waals surface area contributed by atoms with Crippen LogP contribution in [0.15, 0.2) is 24.3 Å². The molecular weight excluding hydrogens is 272 g/mol. The van der Waals surface area contributed by atoms with Gasteiger partial charge >= 0.3 is 0 Å². The highest BCUT2D eigenvalue weighted by molar-refractivity contribution is 7.91. The number of hydrogen-bond donors (Lipinski definition) is 0. The van der Waals surface area contributed by atoms with Gasteiger partial charge in [-0.3, -0.25) is 4.79 Å². The maximum atomic E-state index is 12.5. The van der Waals surface area contributed by atoms with E-state index < -0.39 is 9.84 Å². The standard InChI is InChI=1S/C16H20O3S/c1-20(18,19)13-7-4-6-11(9-13)15-10-12-5-2-3-8-14(12)16(15)17/h2-3,5,8,11,13,15H,4,6-7,9-10H2,1H3. The Labute approximate surface area is 120 Å². The van der Waals surface area contributed by atoms with Crippen LogP contribution >= 0.6 is 0 Å². The third kappa shape index (κ3) is 2.41. The number of Topliss-reactive ketones (excluding diaryl/α,β-unsaturated/α-hetero) is 1. The van der Waals surface area contributed by atoms with E-state index in [0.29, 0.717) is 6.42 Å². The molecule has 108 valence electrons. The molecule has 0 heterocycles. The van der Waals surface area contributed by atoms with E-state index in [0.717, 1.165) is 36.8 Å². The first-order valence-electron chi connectivity index (χ1n) is 7.28. The van der Waals surface area contributed by atoms with Crippen LogP contribution in [-0.4, -0.2) is 25.7 Å². The van der Waals surface area contributed by atoms with E-state index in [1.54, 1.807) is 0 Å². The first kappa shape index (κ1) is 13.8. The zero-order valence-electron chi connectivity index (χ0n) is 11.7. The molecule has 1 saturated carbocycles. The van der Waals surface area contributed by atoms with Gasteiger partial charge in [0, 0.05) is 17.7 Å². The molecule has 1 aromatic carbocycles. The molecule has 1 aromatic rings. The normalized spacial score (nSPS) is 30.2. The Bertz CT molecular complexity index is 633. The molecule has 0 aliphatic heterocycles. The van der Waals surface area contributed by atoms with Crippen LogP contribution in [0.3, 0.4) is 0 Å². The fourth-order valence-corrected chi connectivity index (χ4v) is 4.98. The summed E-state index contributed by atoms with van der Waals surface area (Å²) in [6.45, 7) is 0. The highest BCUT2D eigenvalue weighted by Gasteiger charge is 2.39. The van der Waals surface area contributed by atoms with Crippen LogP contribution in [0.1, 0.15) is 41.6 Å². The van der Waals surface area contributed by atoms with Crippen LogP contribution in [0.2, 0.25) is 0 Å². The Kier molecular flexibility index (Phi) is 3.44. The van der Waals surface area contributed by atoms with E-state index in [4.69, 9.17) is 0 Å². The van der Waals surface area contributed by atoms with E-state index in [2.05, 4.69) is 0 Å². The monoisotopic (exact) mass is 292 g/mol. The lowest BCUT2D eigenvalue weighted by atomic mass is 9.78. The Morgan fingerprint density at radius 3 is 2.60 bits per heavy atom. The van der Waals surface area contributed by atoms with Gasteiger partial charge in [-0.15, -0.1) is 0 Å². The van der Waals surface area contributed by atoms with Gasteiger partial charge in [-0.25, -0.2) is 8.42 Å². The zero-order valence-corrected chi connectivity index (χ0v) is 12.5. The van der Waals surface area contributed by atoms with Crippen molar-refractivity contribution in [2.45, 2.75) is 37.4 Å². The van der Waals surface area contributed by atoms with E-state index >= 15 is 0 Å². The van der Waals surface area contributed by atoms with Gasteiger partial charge in [0.15, 0.2) is 5.78 Å². The Hall–Kier alpha value is -1.16. The van der Waals surface area contributed by atoms with Gasteiger partial charge in [0.1, 0.15) is 9.84 Å². The number of carbonyl (C=O) groups is 1. The number of sulfone groups is 1. The van der Waals surface area contributed by atoms with Gasteiger partial charge in [0.25, 0.3) is 0 Å². The summed E-state index contributed by atoms with van der Waals surface area (Å²) in [5.74, 6) is 0.445. The van der Waals surface area contributed by atoms with Crippen molar-refractivity contribution in [2.24, 2.45) is 11.8 Å². The molecule has 3 unspecified atom stereocenters. The average Bonchev–Trinajstić information content (AvgIpc) is 2.76. The summed E-state index contributed by atoms with van der Waals surface area (Å²) < 4.78 is 23.5. The van der Waals surface area contributed by atoms with Crippen molar-refractivity contribution in [2.75, 3.05) is 6.26 Å². The van der Waals surface area contributed by atoms with Crippen molar-refractivity contribution >= 4 is 15.6 Å². The van der Waals surface area contributed by atoms with Gasteiger partial charge in [-0.1, -0.05) is 30.7 Å². The topological polar surface area (TPSA) is 51.2 Å². The van der Waals surface area contributed by atoms with Crippen molar-refractivity contribution in [1.82, 2.24) is 0 Å². The summed E-state index contributed by atoms with van der Waals surface area (Å²) in [4.78, 5) is 12.5. The Morgan fingerprint density at radius 1 is 1.15 bits per heavy atom. The SMILES string of the molecule is CS(=O)(=O)C1CCCC(C2Cc3ccccc3C2=O)C1. The van der Waals surface area contributed by atoms with Crippen molar-refractivity contribution in [3.05, 3.63) is 35.4 Å². The molecule has 4 heteroatoms. The number of carbonyl (C=O) groups excluding carboxylic acids is 1. The number of fused-ring (bicyclic) bond motifs is 1. The molecule has 1 fully saturated rings. The smallest absolute Gasteiger partial charge is 0.166 e. The molecule has 0 N–H and O–H groups in total. The summed E-state index contributed by atoms with van der Waals surface area (Å²) in [7, 11) is -2.98. The van der Waals surface area contributed by atoms with Gasteiger partial charge in [-0.2, -0.15) is 0 Å². The Morgan fingerprint density at radius 2 is 1.90 bits per heavy atom. The van der Waals surface area contributed by atoms with Crippen LogP contribution in [0, 0.1) is 11.8 Å². The van der Waals surface area contributed by atoms with Crippen molar-refractivity contribution in [3.8, 4) is 0 Å². The van der Waals surface area contributed by atoms with Crippen LogP contribution in [0.25, 0.3) is 0 Å². The lowest BCUT2D eigenvalue weighted by Gasteiger charge is -2.31. The quantitative estimate of drug-likeness (QED) is 0.842. The number of rotatable bonds is 2. The van der Waals surface area contributed by atoms with E-state index in [1.807, 2.05) is 24.3 Å². The zero-order chi connectivity index (χ0) is 14.3. The minimum Gasteiger partial charge on any atom is -0.294 e. The fraction of sp³-hybridized carbons (Fsp3) is 0.562. The average molecular weight is 292 g/mol. The maximum absolute atomic E-state index is 12.5. The molecule has 2 aliphatic rings. The minimum absolute atomic E-state index is 0.00282. The second kappa shape index (κ2) is 4.99. The van der Waals surface area contributed by atoms with Crippen molar-refractivity contribution in [3.63, 3.8) is 0 Å². The molecule has 3 atom stereocenters. The first-order valence-corrected chi connectivity index (χ1v) is 9.23. The fourth-order valence-electron chi connectivity index (χ4n) is 3.78. The molecule has 2 aliphatic carbocycles. The minimum atomic E-state index is -2.98. The molecule has 0 saturated heterocycles. The van der Waals surface area contributed by atoms with Crippen molar-refractivity contribution in [1.29, 1.82) is 0 Å². The molecule has 0 radical (unpaired) electrons. The lowest BCUT2D eigenvalue weighted by molar-refractivity contribution is 0.0870. The van der Waals surface area contributed by atoms with Crippen LogP contribution < -0.4 is 0 Å². The molecule has 0 amide bonds. The highest BCUT2D eigenvalue weighted by Crippen LogP contribution is 2.40. The number of hydrogen-bond acceptors (Lipinski definition) is 3. The van der Waals surface area contributed by atoms with E-state index in [1.165, 1.54) is 6.26 Å².